The van der Waals surface area contributed by atoms with Crippen LogP contribution in [0.3, 0.4) is 0 Å². The Kier molecular flexibility index (Phi) is 8.64. The molecule has 2 aliphatic rings. The first-order valence-electron chi connectivity index (χ1n) is 14.7. The van der Waals surface area contributed by atoms with Gasteiger partial charge in [-0.15, -0.1) is 0 Å². The van der Waals surface area contributed by atoms with Crippen LogP contribution in [0.2, 0.25) is 0 Å². The molecule has 8 heteroatoms. The molecule has 3 aromatic carbocycles. The quantitative estimate of drug-likeness (QED) is 0.348. The average Bonchev–Trinajstić information content (AvgIpc) is 3.81. The maximum absolute atomic E-state index is 12.9. The lowest BCUT2D eigenvalue weighted by Gasteiger charge is -2.35. The van der Waals surface area contributed by atoms with Crippen LogP contribution >= 0.6 is 0 Å². The molecule has 1 saturated carbocycles. The molecule has 1 saturated heterocycles. The van der Waals surface area contributed by atoms with E-state index in [1.165, 1.54) is 0 Å². The Morgan fingerprint density at radius 1 is 0.833 bits per heavy atom. The van der Waals surface area contributed by atoms with Crippen LogP contribution < -0.4 is 10.6 Å². The Morgan fingerprint density at radius 2 is 1.48 bits per heavy atom. The van der Waals surface area contributed by atoms with Crippen molar-refractivity contribution in [3.8, 4) is 11.1 Å². The molecule has 0 spiro atoms. The summed E-state index contributed by atoms with van der Waals surface area (Å²) >= 11 is 0. The summed E-state index contributed by atoms with van der Waals surface area (Å²) in [7, 11) is 0. The summed E-state index contributed by atoms with van der Waals surface area (Å²) in [4.78, 5) is 41.5. The third kappa shape index (κ3) is 7.76. The molecule has 3 amide bonds. The van der Waals surface area contributed by atoms with E-state index >= 15 is 0 Å². The molecule has 3 aromatic rings. The molecule has 0 unspecified atom stereocenters. The van der Waals surface area contributed by atoms with E-state index in [0.717, 1.165) is 66.1 Å². The SMILES string of the molecule is Cc1ccc(NC(=O)C2CC2)cc1-c1ccc(C(=O)Nc2ccc(CN3CCN(C(=O)OC(C)(C)C)CC3)cc2)cc1. The minimum atomic E-state index is -0.490. The van der Waals surface area contributed by atoms with Crippen molar-refractivity contribution >= 4 is 29.3 Å². The number of amides is 3. The van der Waals surface area contributed by atoms with Crippen LogP contribution in [0.4, 0.5) is 16.2 Å². The number of nitrogens with one attached hydrogen (secondary N) is 2. The summed E-state index contributed by atoms with van der Waals surface area (Å²) in [5.74, 6) is 0.0647. The molecule has 0 radical (unpaired) electrons. The molecular formula is C34H40N4O4. The van der Waals surface area contributed by atoms with E-state index < -0.39 is 5.60 Å². The number of ether oxygens (including phenoxy) is 1. The normalized spacial score (nSPS) is 15.7. The fraction of sp³-hybridized carbons (Fsp3) is 0.382. The van der Waals surface area contributed by atoms with Gasteiger partial charge in [0.25, 0.3) is 5.91 Å². The molecule has 1 heterocycles. The van der Waals surface area contributed by atoms with E-state index in [0.29, 0.717) is 18.7 Å². The second-order valence-electron chi connectivity index (χ2n) is 12.3. The van der Waals surface area contributed by atoms with Crippen molar-refractivity contribution in [3.63, 3.8) is 0 Å². The molecule has 2 N–H and O–H groups in total. The summed E-state index contributed by atoms with van der Waals surface area (Å²) in [5.41, 5.74) is 5.87. The Hall–Kier alpha value is -4.17. The fourth-order valence-corrected chi connectivity index (χ4v) is 4.97. The van der Waals surface area contributed by atoms with Gasteiger partial charge < -0.3 is 20.3 Å². The predicted molar refractivity (Wildman–Crippen MR) is 165 cm³/mol. The number of hydrogen-bond acceptors (Lipinski definition) is 5. The molecule has 0 bridgehead atoms. The number of nitrogens with zero attached hydrogens (tertiary/aromatic N) is 2. The lowest BCUT2D eigenvalue weighted by atomic mass is 9.98. The Bertz CT molecular complexity index is 1430. The van der Waals surface area contributed by atoms with Crippen molar-refractivity contribution in [1.29, 1.82) is 0 Å². The first kappa shape index (κ1) is 29.3. The van der Waals surface area contributed by atoms with Crippen LogP contribution in [0.5, 0.6) is 0 Å². The lowest BCUT2D eigenvalue weighted by Crippen LogP contribution is -2.49. The second kappa shape index (κ2) is 12.4. The molecule has 0 aromatic heterocycles. The van der Waals surface area contributed by atoms with Crippen LogP contribution in [0, 0.1) is 12.8 Å². The highest BCUT2D eigenvalue weighted by molar-refractivity contribution is 6.04. The summed E-state index contributed by atoms with van der Waals surface area (Å²) < 4.78 is 5.48. The van der Waals surface area contributed by atoms with Crippen molar-refractivity contribution in [2.24, 2.45) is 5.92 Å². The number of anilines is 2. The number of aryl methyl sites for hydroxylation is 1. The third-order valence-corrected chi connectivity index (χ3v) is 7.55. The Morgan fingerprint density at radius 3 is 2.10 bits per heavy atom. The number of rotatable bonds is 7. The van der Waals surface area contributed by atoms with Crippen LogP contribution in [-0.2, 0) is 16.1 Å². The van der Waals surface area contributed by atoms with Gasteiger partial charge in [0.1, 0.15) is 5.60 Å². The average molecular weight is 569 g/mol. The molecular weight excluding hydrogens is 528 g/mol. The molecule has 2 fully saturated rings. The zero-order valence-electron chi connectivity index (χ0n) is 24.9. The highest BCUT2D eigenvalue weighted by Crippen LogP contribution is 2.32. The van der Waals surface area contributed by atoms with E-state index in [9.17, 15) is 14.4 Å². The number of carbonyl (C=O) groups is 3. The van der Waals surface area contributed by atoms with Crippen LogP contribution in [0.15, 0.2) is 66.7 Å². The maximum atomic E-state index is 12.9. The standard InChI is InChI=1S/C34H40N4O4/c1-23-5-14-29(36-32(40)27-12-13-27)21-30(23)25-8-10-26(11-9-25)31(39)35-28-15-6-24(7-16-28)22-37-17-19-38(20-18-37)33(41)42-34(2,3)4/h5-11,14-16,21,27H,12-13,17-20,22H2,1-4H3,(H,35,39)(H,36,40). The van der Waals surface area contributed by atoms with E-state index in [1.54, 1.807) is 4.90 Å². The molecule has 1 aliphatic carbocycles. The van der Waals surface area contributed by atoms with Gasteiger partial charge in [0, 0.05) is 55.6 Å². The van der Waals surface area contributed by atoms with Crippen LogP contribution in [0.1, 0.15) is 55.1 Å². The summed E-state index contributed by atoms with van der Waals surface area (Å²) in [6.07, 6.45) is 1.68. The van der Waals surface area contributed by atoms with Crippen molar-refractivity contribution in [1.82, 2.24) is 9.80 Å². The van der Waals surface area contributed by atoms with Gasteiger partial charge in [-0.25, -0.2) is 4.79 Å². The second-order valence-corrected chi connectivity index (χ2v) is 12.3. The minimum absolute atomic E-state index is 0.0861. The number of hydrogen-bond donors (Lipinski definition) is 2. The minimum Gasteiger partial charge on any atom is -0.444 e. The van der Waals surface area contributed by atoms with E-state index in [4.69, 9.17) is 4.74 Å². The maximum Gasteiger partial charge on any atom is 0.410 e. The van der Waals surface area contributed by atoms with Gasteiger partial charge >= 0.3 is 6.09 Å². The summed E-state index contributed by atoms with van der Waals surface area (Å²) in [5, 5.41) is 6.00. The molecule has 8 nitrogen and oxygen atoms in total. The van der Waals surface area contributed by atoms with Gasteiger partial charge in [-0.2, -0.15) is 0 Å². The highest BCUT2D eigenvalue weighted by atomic mass is 16.6. The van der Waals surface area contributed by atoms with Gasteiger partial charge in [-0.05, 0) is 99.2 Å². The number of benzene rings is 3. The van der Waals surface area contributed by atoms with E-state index in [-0.39, 0.29) is 23.8 Å². The Balaban J connectivity index is 1.13. The molecule has 1 aliphatic heterocycles. The topological polar surface area (TPSA) is 91.0 Å². The largest absolute Gasteiger partial charge is 0.444 e. The molecule has 5 rings (SSSR count). The first-order valence-corrected chi connectivity index (χ1v) is 14.7. The van der Waals surface area contributed by atoms with Crippen molar-refractivity contribution in [3.05, 3.63) is 83.4 Å². The van der Waals surface area contributed by atoms with Gasteiger partial charge in [-0.3, -0.25) is 14.5 Å². The van der Waals surface area contributed by atoms with Crippen molar-refractivity contribution in [2.75, 3.05) is 36.8 Å². The fourth-order valence-electron chi connectivity index (χ4n) is 4.97. The molecule has 0 atom stereocenters. The third-order valence-electron chi connectivity index (χ3n) is 7.55. The lowest BCUT2D eigenvalue weighted by molar-refractivity contribution is -0.117. The number of piperazine rings is 1. The Labute approximate surface area is 248 Å². The van der Waals surface area contributed by atoms with Gasteiger partial charge in [0.15, 0.2) is 0 Å². The predicted octanol–water partition coefficient (Wildman–Crippen LogP) is 6.32. The van der Waals surface area contributed by atoms with Gasteiger partial charge in [-0.1, -0.05) is 30.3 Å². The van der Waals surface area contributed by atoms with Gasteiger partial charge in [0.2, 0.25) is 5.91 Å². The van der Waals surface area contributed by atoms with E-state index in [2.05, 4.69) is 15.5 Å². The monoisotopic (exact) mass is 568 g/mol. The van der Waals surface area contributed by atoms with Gasteiger partial charge in [0.05, 0.1) is 0 Å². The molecule has 42 heavy (non-hydrogen) atoms. The zero-order chi connectivity index (χ0) is 29.9. The molecule has 220 valence electrons. The number of carbonyl (C=O) groups excluding carboxylic acids is 3. The zero-order valence-corrected chi connectivity index (χ0v) is 24.9. The van der Waals surface area contributed by atoms with Crippen LogP contribution in [-0.4, -0.2) is 59.5 Å². The van der Waals surface area contributed by atoms with E-state index in [1.807, 2.05) is 94.4 Å². The highest BCUT2D eigenvalue weighted by Gasteiger charge is 2.29. The summed E-state index contributed by atoms with van der Waals surface area (Å²) in [6.45, 7) is 11.3. The van der Waals surface area contributed by atoms with Crippen molar-refractivity contribution < 1.29 is 19.1 Å². The summed E-state index contributed by atoms with van der Waals surface area (Å²) in [6, 6.07) is 21.3. The smallest absolute Gasteiger partial charge is 0.410 e. The first-order chi connectivity index (χ1) is 20.0. The van der Waals surface area contributed by atoms with Crippen molar-refractivity contribution in [2.45, 2.75) is 52.7 Å². The van der Waals surface area contributed by atoms with Crippen LogP contribution in [0.25, 0.3) is 11.1 Å².